The van der Waals surface area contributed by atoms with Gasteiger partial charge in [-0.2, -0.15) is 0 Å². The first-order valence-electron chi connectivity index (χ1n) is 12.4. The number of rotatable bonds is 6. The van der Waals surface area contributed by atoms with Crippen LogP contribution in [0.4, 0.5) is 5.69 Å². The smallest absolute Gasteiger partial charge is 0.224 e. The SMILES string of the molecule is C=C(/C(=C/C)C(=C)c1ccc(C)cc1C)c1ccc2ccccc2c1.CCC(=O)Nc1ccc(Cl)cc1. The molecule has 0 saturated carbocycles. The van der Waals surface area contributed by atoms with Crippen molar-refractivity contribution in [3.8, 4) is 0 Å². The van der Waals surface area contributed by atoms with Gasteiger partial charge >= 0.3 is 0 Å². The van der Waals surface area contributed by atoms with Crippen LogP contribution in [-0.4, -0.2) is 5.91 Å². The van der Waals surface area contributed by atoms with Crippen LogP contribution in [0.25, 0.3) is 21.9 Å². The summed E-state index contributed by atoms with van der Waals surface area (Å²) < 4.78 is 0. The van der Waals surface area contributed by atoms with Crippen LogP contribution in [0.2, 0.25) is 5.02 Å². The molecule has 188 valence electrons. The first-order valence-corrected chi connectivity index (χ1v) is 12.8. The molecule has 1 N–H and O–H groups in total. The third-order valence-electron chi connectivity index (χ3n) is 6.19. The molecular weight excluding hydrogens is 474 g/mol. The molecule has 0 aliphatic carbocycles. The standard InChI is InChI=1S/C25H24.C9H10ClNO/c1-6-24(20(5)25-14-11-17(2)15-18(25)3)19(4)22-13-12-21-9-7-8-10-23(21)16-22;1-2-9(12)11-8-5-3-7(10)4-6-8/h6-16H,4-5H2,1-3H3;3-6H,2H2,1H3,(H,11,12)/b24-6-;. The van der Waals surface area contributed by atoms with Gasteiger partial charge in [-0.05, 0) is 95.3 Å². The topological polar surface area (TPSA) is 29.1 Å². The zero-order valence-electron chi connectivity index (χ0n) is 22.1. The summed E-state index contributed by atoms with van der Waals surface area (Å²) in [6.45, 7) is 16.9. The van der Waals surface area contributed by atoms with Crippen molar-refractivity contribution in [1.29, 1.82) is 0 Å². The van der Waals surface area contributed by atoms with E-state index in [1.165, 1.54) is 27.5 Å². The van der Waals surface area contributed by atoms with Crippen molar-refractivity contribution in [3.05, 3.63) is 137 Å². The summed E-state index contributed by atoms with van der Waals surface area (Å²) in [5.41, 5.74) is 8.75. The summed E-state index contributed by atoms with van der Waals surface area (Å²) in [6, 6.07) is 28.4. The van der Waals surface area contributed by atoms with Crippen molar-refractivity contribution in [2.45, 2.75) is 34.1 Å². The molecular formula is C34H34ClNO. The van der Waals surface area contributed by atoms with Gasteiger partial charge in [0.25, 0.3) is 0 Å². The van der Waals surface area contributed by atoms with Gasteiger partial charge in [-0.15, -0.1) is 0 Å². The molecule has 0 aliphatic rings. The first-order chi connectivity index (χ1) is 17.7. The predicted octanol–water partition coefficient (Wildman–Crippen LogP) is 9.82. The average molecular weight is 508 g/mol. The third-order valence-corrected chi connectivity index (χ3v) is 6.44. The summed E-state index contributed by atoms with van der Waals surface area (Å²) in [5, 5.41) is 5.87. The highest BCUT2D eigenvalue weighted by Gasteiger charge is 2.13. The van der Waals surface area contributed by atoms with Gasteiger partial charge in [-0.25, -0.2) is 0 Å². The van der Waals surface area contributed by atoms with Gasteiger partial charge in [-0.3, -0.25) is 4.79 Å². The highest BCUT2D eigenvalue weighted by Crippen LogP contribution is 2.34. The largest absolute Gasteiger partial charge is 0.326 e. The van der Waals surface area contributed by atoms with E-state index in [1.54, 1.807) is 24.3 Å². The van der Waals surface area contributed by atoms with Gasteiger partial charge in [0.1, 0.15) is 0 Å². The minimum atomic E-state index is 0.0114. The lowest BCUT2D eigenvalue weighted by Gasteiger charge is -2.17. The predicted molar refractivity (Wildman–Crippen MR) is 162 cm³/mol. The number of hydrogen-bond donors (Lipinski definition) is 1. The number of carbonyl (C=O) groups is 1. The second kappa shape index (κ2) is 12.9. The van der Waals surface area contributed by atoms with Crippen molar-refractivity contribution < 1.29 is 4.79 Å². The molecule has 2 nitrogen and oxygen atoms in total. The molecule has 0 heterocycles. The van der Waals surface area contributed by atoms with Gasteiger partial charge in [0.2, 0.25) is 5.91 Å². The summed E-state index contributed by atoms with van der Waals surface area (Å²) >= 11 is 5.67. The second-order valence-electron chi connectivity index (χ2n) is 8.95. The fourth-order valence-electron chi connectivity index (χ4n) is 4.14. The van der Waals surface area contributed by atoms with E-state index in [2.05, 4.69) is 106 Å². The van der Waals surface area contributed by atoms with E-state index < -0.39 is 0 Å². The Kier molecular flexibility index (Phi) is 9.65. The number of hydrogen-bond acceptors (Lipinski definition) is 1. The monoisotopic (exact) mass is 507 g/mol. The number of benzene rings is 4. The summed E-state index contributed by atoms with van der Waals surface area (Å²) in [6.07, 6.45) is 2.60. The average Bonchev–Trinajstić information content (AvgIpc) is 2.90. The molecule has 4 aromatic rings. The molecule has 37 heavy (non-hydrogen) atoms. The highest BCUT2D eigenvalue weighted by molar-refractivity contribution is 6.30. The fourth-order valence-corrected chi connectivity index (χ4v) is 4.27. The highest BCUT2D eigenvalue weighted by atomic mass is 35.5. The van der Waals surface area contributed by atoms with E-state index in [0.29, 0.717) is 11.4 Å². The molecule has 0 radical (unpaired) electrons. The van der Waals surface area contributed by atoms with E-state index in [0.717, 1.165) is 28.0 Å². The Morgan fingerprint density at radius 3 is 2.16 bits per heavy atom. The van der Waals surface area contributed by atoms with Crippen molar-refractivity contribution in [3.63, 3.8) is 0 Å². The molecule has 0 aromatic heterocycles. The number of halogens is 1. The molecule has 0 fully saturated rings. The van der Waals surface area contributed by atoms with Gasteiger partial charge in [-0.1, -0.05) is 97.9 Å². The van der Waals surface area contributed by atoms with Crippen LogP contribution in [0.15, 0.2) is 110 Å². The number of carbonyl (C=O) groups excluding carboxylic acids is 1. The maximum Gasteiger partial charge on any atom is 0.224 e. The zero-order chi connectivity index (χ0) is 26.9. The Bertz CT molecular complexity index is 1460. The van der Waals surface area contributed by atoms with Crippen molar-refractivity contribution in [2.75, 3.05) is 5.32 Å². The minimum absolute atomic E-state index is 0.0114. The van der Waals surface area contributed by atoms with Gasteiger partial charge in [0, 0.05) is 17.1 Å². The number of allylic oxidation sites excluding steroid dienone is 4. The lowest BCUT2D eigenvalue weighted by atomic mass is 9.87. The third kappa shape index (κ3) is 7.31. The van der Waals surface area contributed by atoms with E-state index >= 15 is 0 Å². The second-order valence-corrected chi connectivity index (χ2v) is 9.38. The van der Waals surface area contributed by atoms with Crippen LogP contribution in [-0.2, 0) is 4.79 Å². The van der Waals surface area contributed by atoms with E-state index in [9.17, 15) is 4.79 Å². The van der Waals surface area contributed by atoms with Crippen LogP contribution in [0.1, 0.15) is 42.5 Å². The van der Waals surface area contributed by atoms with Gasteiger partial charge in [0.05, 0.1) is 0 Å². The van der Waals surface area contributed by atoms with Crippen LogP contribution in [0.5, 0.6) is 0 Å². The molecule has 0 spiro atoms. The molecule has 0 bridgehead atoms. The molecule has 4 aromatic carbocycles. The summed E-state index contributed by atoms with van der Waals surface area (Å²) in [4.78, 5) is 10.9. The van der Waals surface area contributed by atoms with Gasteiger partial charge in [0.15, 0.2) is 0 Å². The van der Waals surface area contributed by atoms with Crippen LogP contribution in [0, 0.1) is 13.8 Å². The quantitative estimate of drug-likeness (QED) is 0.258. The summed E-state index contributed by atoms with van der Waals surface area (Å²) in [5.74, 6) is 0.0114. The number of anilines is 1. The molecule has 3 heteroatoms. The zero-order valence-corrected chi connectivity index (χ0v) is 22.8. The lowest BCUT2D eigenvalue weighted by Crippen LogP contribution is -2.08. The Hall–Kier alpha value is -3.88. The lowest BCUT2D eigenvalue weighted by molar-refractivity contribution is -0.115. The van der Waals surface area contributed by atoms with E-state index in [1.807, 2.05) is 6.92 Å². The summed E-state index contributed by atoms with van der Waals surface area (Å²) in [7, 11) is 0. The van der Waals surface area contributed by atoms with Crippen molar-refractivity contribution >= 4 is 45.1 Å². The molecule has 0 saturated heterocycles. The Balaban J connectivity index is 0.000000266. The molecule has 4 rings (SSSR count). The van der Waals surface area contributed by atoms with Gasteiger partial charge < -0.3 is 5.32 Å². The molecule has 0 atom stereocenters. The first kappa shape index (κ1) is 27.7. The fraction of sp³-hybridized carbons (Fsp3) is 0.147. The number of fused-ring (bicyclic) bond motifs is 1. The maximum absolute atomic E-state index is 10.9. The van der Waals surface area contributed by atoms with Crippen LogP contribution in [0.3, 0.4) is 0 Å². The van der Waals surface area contributed by atoms with Crippen molar-refractivity contribution in [1.82, 2.24) is 0 Å². The molecule has 1 amide bonds. The Morgan fingerprint density at radius 1 is 0.865 bits per heavy atom. The number of amides is 1. The molecule has 0 unspecified atom stereocenters. The number of aryl methyl sites for hydroxylation is 2. The minimum Gasteiger partial charge on any atom is -0.326 e. The van der Waals surface area contributed by atoms with E-state index in [-0.39, 0.29) is 5.91 Å². The van der Waals surface area contributed by atoms with Crippen molar-refractivity contribution in [2.24, 2.45) is 0 Å². The Labute approximate surface area is 226 Å². The van der Waals surface area contributed by atoms with Crippen LogP contribution < -0.4 is 5.32 Å². The maximum atomic E-state index is 10.9. The van der Waals surface area contributed by atoms with E-state index in [4.69, 9.17) is 11.6 Å². The van der Waals surface area contributed by atoms with Crippen LogP contribution >= 0.6 is 11.6 Å². The normalized spacial score (nSPS) is 10.9. The molecule has 0 aliphatic heterocycles. The Morgan fingerprint density at radius 2 is 1.54 bits per heavy atom. The number of nitrogens with one attached hydrogen (secondary N) is 1.